The van der Waals surface area contributed by atoms with Crippen molar-refractivity contribution in [2.24, 2.45) is 0 Å². The standard InChI is InChI=1S/C51H32N4S/c1-4-16-33(17-5-1)49-52-50(34-18-6-2-7-19-34)54-51(53-49)44-31-36(30-43-42-25-13-15-27-47(42)56-48(43)44)39-23-11-10-22-38(39)35-28-29-41-40-24-12-14-26-45(40)55(46(41)32-35)37-20-8-3-9-21-37/h1-32H. The number of hydrogen-bond donors (Lipinski definition) is 0. The lowest BCUT2D eigenvalue weighted by Gasteiger charge is -2.14. The van der Waals surface area contributed by atoms with Gasteiger partial charge in [-0.2, -0.15) is 0 Å². The number of para-hydroxylation sites is 2. The summed E-state index contributed by atoms with van der Waals surface area (Å²) in [4.78, 5) is 15.4. The highest BCUT2D eigenvalue weighted by Gasteiger charge is 2.20. The van der Waals surface area contributed by atoms with Gasteiger partial charge in [0.05, 0.1) is 11.0 Å². The van der Waals surface area contributed by atoms with Crippen molar-refractivity contribution in [1.82, 2.24) is 19.5 Å². The lowest BCUT2D eigenvalue weighted by atomic mass is 9.92. The maximum absolute atomic E-state index is 5.21. The molecule has 3 aromatic heterocycles. The molecule has 0 aliphatic rings. The molecular weight excluding hydrogens is 701 g/mol. The Morgan fingerprint density at radius 2 is 0.893 bits per heavy atom. The van der Waals surface area contributed by atoms with Gasteiger partial charge in [-0.3, -0.25) is 0 Å². The molecule has 0 amide bonds. The molecule has 0 aliphatic heterocycles. The number of benzene rings is 8. The summed E-state index contributed by atoms with van der Waals surface area (Å²) in [7, 11) is 0. The van der Waals surface area contributed by atoms with Gasteiger partial charge < -0.3 is 4.57 Å². The highest BCUT2D eigenvalue weighted by molar-refractivity contribution is 7.26. The Balaban J connectivity index is 1.16. The van der Waals surface area contributed by atoms with E-state index in [4.69, 9.17) is 15.0 Å². The van der Waals surface area contributed by atoms with Gasteiger partial charge in [-0.25, -0.2) is 15.0 Å². The number of thiophene rings is 1. The van der Waals surface area contributed by atoms with E-state index >= 15 is 0 Å². The first-order valence-electron chi connectivity index (χ1n) is 18.8. The first kappa shape index (κ1) is 32.2. The van der Waals surface area contributed by atoms with Crippen LogP contribution in [0, 0.1) is 0 Å². The van der Waals surface area contributed by atoms with Crippen molar-refractivity contribution in [3.05, 3.63) is 194 Å². The second kappa shape index (κ2) is 13.3. The van der Waals surface area contributed by atoms with Crippen LogP contribution >= 0.6 is 11.3 Å². The lowest BCUT2D eigenvalue weighted by Crippen LogP contribution is -2.00. The molecular formula is C51H32N4S. The third-order valence-electron chi connectivity index (χ3n) is 10.7. The van der Waals surface area contributed by atoms with Crippen molar-refractivity contribution >= 4 is 53.3 Å². The van der Waals surface area contributed by atoms with Gasteiger partial charge in [0.1, 0.15) is 0 Å². The van der Waals surface area contributed by atoms with E-state index in [9.17, 15) is 0 Å². The summed E-state index contributed by atoms with van der Waals surface area (Å²) in [6.07, 6.45) is 0. The zero-order chi connectivity index (χ0) is 37.0. The minimum atomic E-state index is 0.650. The Morgan fingerprint density at radius 1 is 0.339 bits per heavy atom. The summed E-state index contributed by atoms with van der Waals surface area (Å²) in [5, 5.41) is 4.89. The molecule has 0 aliphatic carbocycles. The van der Waals surface area contributed by atoms with Gasteiger partial charge in [0.25, 0.3) is 0 Å². The molecule has 56 heavy (non-hydrogen) atoms. The number of rotatable bonds is 6. The van der Waals surface area contributed by atoms with Crippen molar-refractivity contribution in [2.75, 3.05) is 0 Å². The van der Waals surface area contributed by atoms with E-state index in [2.05, 4.69) is 162 Å². The molecule has 4 nitrogen and oxygen atoms in total. The molecule has 0 N–H and O–H groups in total. The molecule has 8 aromatic carbocycles. The maximum atomic E-state index is 5.21. The predicted octanol–water partition coefficient (Wildman–Crippen LogP) is 13.7. The van der Waals surface area contributed by atoms with Crippen LogP contribution in [0.2, 0.25) is 0 Å². The van der Waals surface area contributed by atoms with E-state index in [0.717, 1.165) is 49.3 Å². The summed E-state index contributed by atoms with van der Waals surface area (Å²) in [5.41, 5.74) is 11.0. The van der Waals surface area contributed by atoms with Crippen molar-refractivity contribution in [3.8, 4) is 62.1 Å². The van der Waals surface area contributed by atoms with Crippen LogP contribution in [0.25, 0.3) is 104 Å². The Morgan fingerprint density at radius 3 is 1.61 bits per heavy atom. The quantitative estimate of drug-likeness (QED) is 0.171. The summed E-state index contributed by atoms with van der Waals surface area (Å²) in [5.74, 6) is 1.95. The molecule has 0 saturated heterocycles. The smallest absolute Gasteiger partial charge is 0.165 e. The fourth-order valence-electron chi connectivity index (χ4n) is 8.06. The topological polar surface area (TPSA) is 43.6 Å². The molecule has 11 aromatic rings. The normalized spacial score (nSPS) is 11.6. The lowest BCUT2D eigenvalue weighted by molar-refractivity contribution is 1.08. The van der Waals surface area contributed by atoms with Gasteiger partial charge in [0, 0.05) is 53.3 Å². The minimum Gasteiger partial charge on any atom is -0.309 e. The van der Waals surface area contributed by atoms with Crippen molar-refractivity contribution in [1.29, 1.82) is 0 Å². The molecule has 5 heteroatoms. The maximum Gasteiger partial charge on any atom is 0.165 e. The predicted molar refractivity (Wildman–Crippen MR) is 234 cm³/mol. The Hall–Kier alpha value is -7.21. The molecule has 0 spiro atoms. The molecule has 0 bridgehead atoms. The minimum absolute atomic E-state index is 0.650. The van der Waals surface area contributed by atoms with E-state index < -0.39 is 0 Å². The van der Waals surface area contributed by atoms with Crippen LogP contribution in [0.4, 0.5) is 0 Å². The zero-order valence-electron chi connectivity index (χ0n) is 30.2. The summed E-state index contributed by atoms with van der Waals surface area (Å²) in [6.45, 7) is 0. The van der Waals surface area contributed by atoms with Crippen LogP contribution in [0.3, 0.4) is 0 Å². The van der Waals surface area contributed by atoms with E-state index in [1.807, 2.05) is 36.4 Å². The van der Waals surface area contributed by atoms with Crippen LogP contribution in [-0.2, 0) is 0 Å². The highest BCUT2D eigenvalue weighted by atomic mass is 32.1. The van der Waals surface area contributed by atoms with Gasteiger partial charge in [-0.15, -0.1) is 11.3 Å². The molecule has 0 fully saturated rings. The van der Waals surface area contributed by atoms with Gasteiger partial charge in [-0.1, -0.05) is 152 Å². The SMILES string of the molecule is c1ccc(-c2nc(-c3ccccc3)nc(-c3cc(-c4ccccc4-c4ccc5c6ccccc6n(-c6ccccc6)c5c4)cc4c3sc3ccccc34)n2)cc1. The van der Waals surface area contributed by atoms with Crippen molar-refractivity contribution < 1.29 is 0 Å². The van der Waals surface area contributed by atoms with Gasteiger partial charge in [0.2, 0.25) is 0 Å². The Kier molecular flexibility index (Phi) is 7.64. The third kappa shape index (κ3) is 5.40. The Labute approximate surface area is 327 Å². The summed E-state index contributed by atoms with van der Waals surface area (Å²) in [6, 6.07) is 68.7. The van der Waals surface area contributed by atoms with E-state index in [0.29, 0.717) is 17.5 Å². The fourth-order valence-corrected chi connectivity index (χ4v) is 9.25. The van der Waals surface area contributed by atoms with E-state index in [1.165, 1.54) is 37.3 Å². The van der Waals surface area contributed by atoms with E-state index in [-0.39, 0.29) is 0 Å². The van der Waals surface area contributed by atoms with E-state index in [1.54, 1.807) is 11.3 Å². The average molecular weight is 733 g/mol. The van der Waals surface area contributed by atoms with Gasteiger partial charge in [-0.05, 0) is 64.7 Å². The number of aromatic nitrogens is 4. The van der Waals surface area contributed by atoms with Crippen molar-refractivity contribution in [2.45, 2.75) is 0 Å². The average Bonchev–Trinajstić information content (AvgIpc) is 3.82. The first-order valence-corrected chi connectivity index (χ1v) is 19.6. The second-order valence-electron chi connectivity index (χ2n) is 14.0. The first-order chi connectivity index (χ1) is 27.8. The monoisotopic (exact) mass is 732 g/mol. The molecule has 262 valence electrons. The van der Waals surface area contributed by atoms with Crippen LogP contribution in [0.5, 0.6) is 0 Å². The molecule has 0 saturated carbocycles. The molecule has 0 unspecified atom stereocenters. The summed E-state index contributed by atoms with van der Waals surface area (Å²) >= 11 is 1.79. The summed E-state index contributed by atoms with van der Waals surface area (Å²) < 4.78 is 4.77. The van der Waals surface area contributed by atoms with Crippen LogP contribution in [-0.4, -0.2) is 19.5 Å². The highest BCUT2D eigenvalue weighted by Crippen LogP contribution is 2.45. The third-order valence-corrected chi connectivity index (χ3v) is 11.9. The zero-order valence-corrected chi connectivity index (χ0v) is 31.0. The Bertz CT molecular complexity index is 3180. The second-order valence-corrected chi connectivity index (χ2v) is 15.1. The number of hydrogen-bond acceptors (Lipinski definition) is 4. The molecule has 0 radical (unpaired) electrons. The van der Waals surface area contributed by atoms with Crippen molar-refractivity contribution in [3.63, 3.8) is 0 Å². The molecule has 0 atom stereocenters. The van der Waals surface area contributed by atoms with Crippen LogP contribution in [0.15, 0.2) is 194 Å². The number of fused-ring (bicyclic) bond motifs is 6. The molecule has 3 heterocycles. The fraction of sp³-hybridized carbons (Fsp3) is 0. The van der Waals surface area contributed by atoms with Gasteiger partial charge >= 0.3 is 0 Å². The number of nitrogens with zero attached hydrogens (tertiary/aromatic N) is 4. The van der Waals surface area contributed by atoms with Crippen LogP contribution in [0.1, 0.15) is 0 Å². The molecule has 11 rings (SSSR count). The van der Waals surface area contributed by atoms with Crippen LogP contribution < -0.4 is 0 Å². The largest absolute Gasteiger partial charge is 0.309 e. The van der Waals surface area contributed by atoms with Gasteiger partial charge in [0.15, 0.2) is 17.5 Å².